The first kappa shape index (κ1) is 14.0. The first-order valence-electron chi connectivity index (χ1n) is 5.38. The van der Waals surface area contributed by atoms with E-state index in [0.717, 1.165) is 6.26 Å². The van der Waals surface area contributed by atoms with Crippen molar-refractivity contribution < 1.29 is 22.0 Å². The van der Waals surface area contributed by atoms with Gasteiger partial charge in [0.15, 0.2) is 5.76 Å². The van der Waals surface area contributed by atoms with Gasteiger partial charge in [0.1, 0.15) is 11.3 Å². The third-order valence-corrected chi connectivity index (χ3v) is 2.72. The number of furan rings is 1. The molecule has 0 unspecified atom stereocenters. The molecule has 0 bridgehead atoms. The van der Waals surface area contributed by atoms with E-state index in [2.05, 4.69) is 9.44 Å². The third-order valence-electron chi connectivity index (χ3n) is 2.38. The largest absolute Gasteiger partial charge is 0.455 e. The minimum atomic E-state index is -3.69. The molecule has 0 radical (unpaired) electrons. The maximum Gasteiger partial charge on any atom is 0.325 e. The van der Waals surface area contributed by atoms with E-state index in [1.165, 1.54) is 31.2 Å². The van der Waals surface area contributed by atoms with Crippen LogP contribution in [0.15, 0.2) is 33.8 Å². The molecule has 8 nitrogen and oxygen atoms in total. The average molecular weight is 298 g/mol. The molecule has 1 heterocycles. The number of non-ortho nitro benzene ring substituents is 1. The molecule has 9 heteroatoms. The molecular weight excluding hydrogens is 288 g/mol. The number of nitrogens with zero attached hydrogens (tertiary/aromatic N) is 2. The van der Waals surface area contributed by atoms with Crippen molar-refractivity contribution in [3.8, 4) is 0 Å². The Morgan fingerprint density at radius 3 is 2.70 bits per heavy atom. The quantitative estimate of drug-likeness (QED) is 0.485. The zero-order valence-electron chi connectivity index (χ0n) is 10.6. The molecule has 0 saturated heterocycles. The van der Waals surface area contributed by atoms with Crippen molar-refractivity contribution in [1.82, 2.24) is 0 Å². The Kier molecular flexibility index (Phi) is 3.45. The molecule has 1 aromatic heterocycles. The molecular formula is C11H10N2O6S. The fourth-order valence-electron chi connectivity index (χ4n) is 1.49. The van der Waals surface area contributed by atoms with Gasteiger partial charge in [-0.2, -0.15) is 8.42 Å². The average Bonchev–Trinajstić information content (AvgIpc) is 2.77. The molecule has 2 aromatic rings. The van der Waals surface area contributed by atoms with Crippen molar-refractivity contribution in [2.45, 2.75) is 6.92 Å². The summed E-state index contributed by atoms with van der Waals surface area (Å²) in [6.07, 6.45) is 0.867. The zero-order chi connectivity index (χ0) is 14.9. The van der Waals surface area contributed by atoms with Gasteiger partial charge in [-0.15, -0.1) is 0 Å². The monoisotopic (exact) mass is 298 g/mol. The second-order valence-electron chi connectivity index (χ2n) is 4.05. The Hall–Kier alpha value is -2.42. The molecule has 0 spiro atoms. The Morgan fingerprint density at radius 1 is 1.40 bits per heavy atom. The van der Waals surface area contributed by atoms with Gasteiger partial charge in [0.2, 0.25) is 0 Å². The van der Waals surface area contributed by atoms with Crippen LogP contribution < -0.4 is 0 Å². The predicted octanol–water partition coefficient (Wildman–Crippen LogP) is 2.04. The minimum Gasteiger partial charge on any atom is -0.455 e. The fourth-order valence-corrected chi connectivity index (χ4v) is 1.74. The Bertz CT molecular complexity index is 805. The Morgan fingerprint density at radius 2 is 2.10 bits per heavy atom. The molecule has 0 fully saturated rings. The van der Waals surface area contributed by atoms with E-state index in [1.807, 2.05) is 0 Å². The van der Waals surface area contributed by atoms with Crippen LogP contribution in [0.2, 0.25) is 0 Å². The third kappa shape index (κ3) is 3.12. The van der Waals surface area contributed by atoms with Crippen LogP contribution in [-0.2, 0) is 14.4 Å². The fraction of sp³-hybridized carbons (Fsp3) is 0.182. The highest BCUT2D eigenvalue weighted by atomic mass is 32.2. The summed E-state index contributed by atoms with van der Waals surface area (Å²) >= 11 is 0. The van der Waals surface area contributed by atoms with E-state index in [1.54, 1.807) is 0 Å². The van der Waals surface area contributed by atoms with Crippen LogP contribution >= 0.6 is 0 Å². The lowest BCUT2D eigenvalue weighted by Crippen LogP contribution is -2.00. The molecule has 1 aromatic carbocycles. The minimum absolute atomic E-state index is 0.0631. The van der Waals surface area contributed by atoms with E-state index >= 15 is 0 Å². The van der Waals surface area contributed by atoms with Gasteiger partial charge in [-0.3, -0.25) is 14.4 Å². The standard InChI is InChI=1S/C11H10N2O6S/c1-7(12-19-20(2,16)17)11-6-8-5-9(13(14)15)3-4-10(8)18-11/h3-6H,1-2H3/b12-7+. The highest BCUT2D eigenvalue weighted by molar-refractivity contribution is 7.85. The van der Waals surface area contributed by atoms with Crippen LogP contribution in [0.5, 0.6) is 0 Å². The first-order valence-corrected chi connectivity index (χ1v) is 7.19. The van der Waals surface area contributed by atoms with Crippen molar-refractivity contribution in [1.29, 1.82) is 0 Å². The van der Waals surface area contributed by atoms with Gasteiger partial charge in [-0.1, -0.05) is 5.16 Å². The number of nitro benzene ring substituents is 1. The molecule has 0 aliphatic heterocycles. The first-order chi connectivity index (χ1) is 9.26. The normalized spacial score (nSPS) is 12.6. The lowest BCUT2D eigenvalue weighted by molar-refractivity contribution is -0.384. The van der Waals surface area contributed by atoms with Crippen molar-refractivity contribution in [3.05, 3.63) is 40.1 Å². The molecule has 20 heavy (non-hydrogen) atoms. The van der Waals surface area contributed by atoms with Gasteiger partial charge >= 0.3 is 10.1 Å². The Labute approximate surface area is 113 Å². The molecule has 0 saturated carbocycles. The van der Waals surface area contributed by atoms with E-state index < -0.39 is 15.0 Å². The maximum atomic E-state index is 10.8. The summed E-state index contributed by atoms with van der Waals surface area (Å²) < 4.78 is 31.3. The van der Waals surface area contributed by atoms with Crippen LogP contribution in [0.4, 0.5) is 5.69 Å². The van der Waals surface area contributed by atoms with Gasteiger partial charge in [0.25, 0.3) is 5.69 Å². The van der Waals surface area contributed by atoms with Gasteiger partial charge in [0, 0.05) is 17.5 Å². The second-order valence-corrected chi connectivity index (χ2v) is 5.60. The summed E-state index contributed by atoms with van der Waals surface area (Å²) in [5.41, 5.74) is 0.570. The summed E-state index contributed by atoms with van der Waals surface area (Å²) in [5.74, 6) is 0.268. The van der Waals surface area contributed by atoms with E-state index in [9.17, 15) is 18.5 Å². The number of rotatable bonds is 4. The van der Waals surface area contributed by atoms with Gasteiger partial charge in [-0.25, -0.2) is 0 Å². The molecule has 0 N–H and O–H groups in total. The zero-order valence-corrected chi connectivity index (χ0v) is 11.4. The van der Waals surface area contributed by atoms with Crippen molar-refractivity contribution in [2.24, 2.45) is 5.16 Å². The molecule has 0 atom stereocenters. The second kappa shape index (κ2) is 4.93. The number of hydrogen-bond acceptors (Lipinski definition) is 7. The highest BCUT2D eigenvalue weighted by Crippen LogP contribution is 2.24. The number of benzene rings is 1. The van der Waals surface area contributed by atoms with E-state index in [0.29, 0.717) is 11.0 Å². The molecule has 0 aliphatic carbocycles. The number of oxime groups is 1. The van der Waals surface area contributed by atoms with Gasteiger partial charge < -0.3 is 4.42 Å². The van der Waals surface area contributed by atoms with E-state index in [4.69, 9.17) is 4.42 Å². The number of hydrogen-bond donors (Lipinski definition) is 0. The molecule has 0 aliphatic rings. The summed E-state index contributed by atoms with van der Waals surface area (Å²) in [4.78, 5) is 10.1. The highest BCUT2D eigenvalue weighted by Gasteiger charge is 2.12. The SMILES string of the molecule is C/C(=N\OS(C)(=O)=O)c1cc2cc([N+](=O)[O-])ccc2o1. The van der Waals surface area contributed by atoms with Gasteiger partial charge in [-0.05, 0) is 19.1 Å². The van der Waals surface area contributed by atoms with Crippen LogP contribution in [-0.4, -0.2) is 25.3 Å². The van der Waals surface area contributed by atoms with Crippen LogP contribution in [0.3, 0.4) is 0 Å². The summed E-state index contributed by atoms with van der Waals surface area (Å²) in [5, 5.41) is 14.6. The lowest BCUT2D eigenvalue weighted by atomic mass is 10.2. The molecule has 2 rings (SSSR count). The summed E-state index contributed by atoms with van der Waals surface area (Å²) in [7, 11) is -3.69. The molecule has 106 valence electrons. The van der Waals surface area contributed by atoms with Crippen LogP contribution in [0.25, 0.3) is 11.0 Å². The van der Waals surface area contributed by atoms with E-state index in [-0.39, 0.29) is 17.2 Å². The number of nitro groups is 1. The Balaban J connectivity index is 2.39. The topological polar surface area (TPSA) is 112 Å². The van der Waals surface area contributed by atoms with Crippen molar-refractivity contribution >= 4 is 32.5 Å². The summed E-state index contributed by atoms with van der Waals surface area (Å²) in [6, 6.07) is 5.65. The maximum absolute atomic E-state index is 10.8. The van der Waals surface area contributed by atoms with Crippen molar-refractivity contribution in [2.75, 3.05) is 6.26 Å². The smallest absolute Gasteiger partial charge is 0.325 e. The van der Waals surface area contributed by atoms with Gasteiger partial charge in [0.05, 0.1) is 11.2 Å². The van der Waals surface area contributed by atoms with Crippen molar-refractivity contribution in [3.63, 3.8) is 0 Å². The summed E-state index contributed by atoms with van der Waals surface area (Å²) in [6.45, 7) is 1.50. The van der Waals surface area contributed by atoms with Crippen LogP contribution in [0.1, 0.15) is 12.7 Å². The molecule has 0 amide bonds. The number of fused-ring (bicyclic) bond motifs is 1. The predicted molar refractivity (Wildman–Crippen MR) is 71.0 cm³/mol. The lowest BCUT2D eigenvalue weighted by Gasteiger charge is -1.95. The van der Waals surface area contributed by atoms with Crippen LogP contribution in [0, 0.1) is 10.1 Å².